The third kappa shape index (κ3) is 2.61. The Bertz CT molecular complexity index is 441. The molecule has 4 heteroatoms. The minimum atomic E-state index is 0.504. The third-order valence-corrected chi connectivity index (χ3v) is 4.14. The largest absolute Gasteiger partial charge is 0.379 e. The summed E-state index contributed by atoms with van der Waals surface area (Å²) in [7, 11) is 4.19. The highest BCUT2D eigenvalue weighted by Crippen LogP contribution is 2.30. The summed E-state index contributed by atoms with van der Waals surface area (Å²) in [6.07, 6.45) is 0. The normalized spacial score (nSPS) is 24.0. The van der Waals surface area contributed by atoms with E-state index in [0.717, 1.165) is 39.4 Å². The number of ether oxygens (including phenoxy) is 1. The molecule has 3 rings (SSSR count). The Hall–Kier alpha value is -1.10. The summed E-state index contributed by atoms with van der Waals surface area (Å²) < 4.78 is 5.46. The Kier molecular flexibility index (Phi) is 3.73. The van der Waals surface area contributed by atoms with Gasteiger partial charge in [-0.05, 0) is 23.3 Å². The molecule has 1 aromatic rings. The van der Waals surface area contributed by atoms with E-state index < -0.39 is 0 Å². The molecule has 0 aromatic heterocycles. The smallest absolute Gasteiger partial charge is 0.0594 e. The first-order valence-electron chi connectivity index (χ1n) is 7.08. The molecule has 1 aromatic carbocycles. The van der Waals surface area contributed by atoms with Crippen molar-refractivity contribution in [3.05, 3.63) is 29.3 Å². The molecule has 1 fully saturated rings. The Balaban J connectivity index is 1.87. The van der Waals surface area contributed by atoms with Gasteiger partial charge in [0.15, 0.2) is 0 Å². The van der Waals surface area contributed by atoms with E-state index in [1.807, 2.05) is 0 Å². The Morgan fingerprint density at radius 2 is 2.05 bits per heavy atom. The fraction of sp³-hybridized carbons (Fsp3) is 0.600. The van der Waals surface area contributed by atoms with Crippen LogP contribution in [0.2, 0.25) is 0 Å². The number of anilines is 1. The second kappa shape index (κ2) is 5.49. The fourth-order valence-corrected chi connectivity index (χ4v) is 3.02. The summed E-state index contributed by atoms with van der Waals surface area (Å²) in [5.41, 5.74) is 4.21. The molecule has 0 unspecified atom stereocenters. The molecular weight excluding hydrogens is 238 g/mol. The van der Waals surface area contributed by atoms with Crippen LogP contribution in [-0.4, -0.2) is 51.8 Å². The molecule has 1 saturated heterocycles. The number of hydrogen-bond donors (Lipinski definition) is 1. The van der Waals surface area contributed by atoms with Gasteiger partial charge in [0.2, 0.25) is 0 Å². The minimum absolute atomic E-state index is 0.504. The standard InChI is InChI=1S/C15H23N3O/c1-17(2)13-3-4-14-12(9-13)10-16-11-15(14)18-5-7-19-8-6-18/h3-4,9,15-16H,5-8,10-11H2,1-2H3/t15-/m1/s1. The predicted molar refractivity (Wildman–Crippen MR) is 77.6 cm³/mol. The first-order valence-corrected chi connectivity index (χ1v) is 7.08. The number of nitrogens with zero attached hydrogens (tertiary/aromatic N) is 2. The van der Waals surface area contributed by atoms with Crippen molar-refractivity contribution in [1.82, 2.24) is 10.2 Å². The van der Waals surface area contributed by atoms with E-state index in [1.165, 1.54) is 16.8 Å². The van der Waals surface area contributed by atoms with Crippen LogP contribution in [0.25, 0.3) is 0 Å². The van der Waals surface area contributed by atoms with Crippen molar-refractivity contribution in [3.8, 4) is 0 Å². The van der Waals surface area contributed by atoms with Gasteiger partial charge < -0.3 is 15.0 Å². The van der Waals surface area contributed by atoms with Crippen LogP contribution in [0.3, 0.4) is 0 Å². The van der Waals surface area contributed by atoms with Gasteiger partial charge in [-0.15, -0.1) is 0 Å². The van der Waals surface area contributed by atoms with Crippen LogP contribution in [0, 0.1) is 0 Å². The van der Waals surface area contributed by atoms with Crippen molar-refractivity contribution >= 4 is 5.69 Å². The van der Waals surface area contributed by atoms with Crippen LogP contribution in [0.1, 0.15) is 17.2 Å². The van der Waals surface area contributed by atoms with Gasteiger partial charge in [0.25, 0.3) is 0 Å². The third-order valence-electron chi connectivity index (χ3n) is 4.14. The van der Waals surface area contributed by atoms with Gasteiger partial charge in [0, 0.05) is 52.0 Å². The highest BCUT2D eigenvalue weighted by molar-refractivity contribution is 5.51. The lowest BCUT2D eigenvalue weighted by Crippen LogP contribution is -2.45. The molecule has 2 heterocycles. The highest BCUT2D eigenvalue weighted by atomic mass is 16.5. The van der Waals surface area contributed by atoms with Gasteiger partial charge in [-0.25, -0.2) is 0 Å². The molecule has 0 spiro atoms. The predicted octanol–water partition coefficient (Wildman–Crippen LogP) is 1.23. The van der Waals surface area contributed by atoms with Gasteiger partial charge in [-0.1, -0.05) is 6.07 Å². The monoisotopic (exact) mass is 261 g/mol. The summed E-state index contributed by atoms with van der Waals surface area (Å²) in [4.78, 5) is 4.71. The van der Waals surface area contributed by atoms with Crippen LogP contribution in [0.5, 0.6) is 0 Å². The van der Waals surface area contributed by atoms with Crippen molar-refractivity contribution in [3.63, 3.8) is 0 Å². The van der Waals surface area contributed by atoms with Crippen LogP contribution >= 0.6 is 0 Å². The molecule has 104 valence electrons. The summed E-state index contributed by atoms with van der Waals surface area (Å²) >= 11 is 0. The topological polar surface area (TPSA) is 27.7 Å². The lowest BCUT2D eigenvalue weighted by atomic mass is 9.94. The molecular formula is C15H23N3O. The lowest BCUT2D eigenvalue weighted by molar-refractivity contribution is 0.0146. The lowest BCUT2D eigenvalue weighted by Gasteiger charge is -2.38. The number of morpholine rings is 1. The number of nitrogens with one attached hydrogen (secondary N) is 1. The molecule has 0 radical (unpaired) electrons. The maximum atomic E-state index is 5.46. The van der Waals surface area contributed by atoms with E-state index in [1.54, 1.807) is 0 Å². The van der Waals surface area contributed by atoms with E-state index in [-0.39, 0.29) is 0 Å². The summed E-state index contributed by atoms with van der Waals surface area (Å²) in [6, 6.07) is 7.36. The summed E-state index contributed by atoms with van der Waals surface area (Å²) in [5, 5.41) is 3.55. The molecule has 2 aliphatic rings. The summed E-state index contributed by atoms with van der Waals surface area (Å²) in [6.45, 7) is 5.85. The number of fused-ring (bicyclic) bond motifs is 1. The molecule has 1 N–H and O–H groups in total. The zero-order valence-electron chi connectivity index (χ0n) is 11.9. The zero-order valence-corrected chi connectivity index (χ0v) is 11.9. The first kappa shape index (κ1) is 12.9. The van der Waals surface area contributed by atoms with Gasteiger partial charge in [0.05, 0.1) is 13.2 Å². The van der Waals surface area contributed by atoms with Gasteiger partial charge in [-0.3, -0.25) is 4.90 Å². The van der Waals surface area contributed by atoms with Gasteiger partial charge in [0.1, 0.15) is 0 Å². The van der Waals surface area contributed by atoms with Crippen LogP contribution in [-0.2, 0) is 11.3 Å². The molecule has 2 aliphatic heterocycles. The second-order valence-electron chi connectivity index (χ2n) is 5.57. The summed E-state index contributed by atoms with van der Waals surface area (Å²) in [5.74, 6) is 0. The average molecular weight is 261 g/mol. The van der Waals surface area contributed by atoms with E-state index in [2.05, 4.69) is 47.4 Å². The average Bonchev–Trinajstić information content (AvgIpc) is 2.47. The van der Waals surface area contributed by atoms with Gasteiger partial charge in [-0.2, -0.15) is 0 Å². The SMILES string of the molecule is CN(C)c1ccc2c(c1)CNC[C@H]2N1CCOCC1. The zero-order chi connectivity index (χ0) is 13.2. The minimum Gasteiger partial charge on any atom is -0.379 e. The second-order valence-corrected chi connectivity index (χ2v) is 5.57. The molecule has 0 amide bonds. The number of hydrogen-bond acceptors (Lipinski definition) is 4. The van der Waals surface area contributed by atoms with Crippen molar-refractivity contribution in [2.75, 3.05) is 51.8 Å². The van der Waals surface area contributed by atoms with Crippen molar-refractivity contribution < 1.29 is 4.74 Å². The van der Waals surface area contributed by atoms with E-state index in [9.17, 15) is 0 Å². The maximum absolute atomic E-state index is 5.46. The molecule has 4 nitrogen and oxygen atoms in total. The van der Waals surface area contributed by atoms with Crippen LogP contribution in [0.15, 0.2) is 18.2 Å². The van der Waals surface area contributed by atoms with Crippen molar-refractivity contribution in [2.45, 2.75) is 12.6 Å². The van der Waals surface area contributed by atoms with Crippen LogP contribution in [0.4, 0.5) is 5.69 Å². The van der Waals surface area contributed by atoms with E-state index >= 15 is 0 Å². The van der Waals surface area contributed by atoms with E-state index in [0.29, 0.717) is 6.04 Å². The number of benzene rings is 1. The maximum Gasteiger partial charge on any atom is 0.0594 e. The molecule has 19 heavy (non-hydrogen) atoms. The highest BCUT2D eigenvalue weighted by Gasteiger charge is 2.27. The van der Waals surface area contributed by atoms with Crippen molar-refractivity contribution in [1.29, 1.82) is 0 Å². The molecule has 0 bridgehead atoms. The fourth-order valence-electron chi connectivity index (χ4n) is 3.02. The Morgan fingerprint density at radius 1 is 1.26 bits per heavy atom. The molecule has 1 atom stereocenters. The van der Waals surface area contributed by atoms with Gasteiger partial charge >= 0.3 is 0 Å². The quantitative estimate of drug-likeness (QED) is 0.866. The molecule has 0 aliphatic carbocycles. The first-order chi connectivity index (χ1) is 9.25. The Morgan fingerprint density at radius 3 is 2.79 bits per heavy atom. The van der Waals surface area contributed by atoms with E-state index in [4.69, 9.17) is 4.74 Å². The Labute approximate surface area is 115 Å². The van der Waals surface area contributed by atoms with Crippen molar-refractivity contribution in [2.24, 2.45) is 0 Å². The van der Waals surface area contributed by atoms with Crippen LogP contribution < -0.4 is 10.2 Å². The number of rotatable bonds is 2. The molecule has 0 saturated carbocycles.